The molecule has 1 saturated heterocycles. The van der Waals surface area contributed by atoms with E-state index in [9.17, 15) is 9.90 Å². The number of benzene rings is 1. The number of aliphatic hydroxyl groups is 1. The molecule has 2 aliphatic heterocycles. The maximum atomic E-state index is 12.4. The Morgan fingerprint density at radius 1 is 1.38 bits per heavy atom. The van der Waals surface area contributed by atoms with Gasteiger partial charge in [0.05, 0.1) is 33.4 Å². The Balaban J connectivity index is 1.74. The van der Waals surface area contributed by atoms with E-state index in [1.165, 1.54) is 0 Å². The fourth-order valence-electron chi connectivity index (χ4n) is 3.35. The minimum Gasteiger partial charge on any atom is -0.496 e. The van der Waals surface area contributed by atoms with Gasteiger partial charge in [0.1, 0.15) is 17.6 Å². The van der Waals surface area contributed by atoms with Crippen LogP contribution in [-0.4, -0.2) is 56.1 Å². The van der Waals surface area contributed by atoms with Gasteiger partial charge in [-0.2, -0.15) is 0 Å². The first-order chi connectivity index (χ1) is 11.6. The summed E-state index contributed by atoms with van der Waals surface area (Å²) < 4.78 is 16.2. The van der Waals surface area contributed by atoms with Crippen molar-refractivity contribution in [2.24, 2.45) is 0 Å². The maximum Gasteiger partial charge on any atom is 0.317 e. The molecule has 2 N–H and O–H groups in total. The number of aliphatic hydroxyl groups excluding tert-OH is 1. The molecule has 7 nitrogen and oxygen atoms in total. The number of hydrogen-bond donors (Lipinski definition) is 2. The Morgan fingerprint density at radius 2 is 2.12 bits per heavy atom. The highest BCUT2D eigenvalue weighted by Gasteiger charge is 2.32. The first-order valence-electron chi connectivity index (χ1n) is 8.20. The molecule has 7 heteroatoms. The number of β-amino-alcohol motifs (C(OH)–C–C–N with tert-alkyl or cyclic N) is 1. The number of fused-ring (bicyclic) bond motifs is 1. The molecule has 2 heterocycles. The lowest BCUT2D eigenvalue weighted by Crippen LogP contribution is -2.46. The second-order valence-corrected chi connectivity index (χ2v) is 6.08. The molecule has 0 spiro atoms. The molecular formula is C17H24N2O5. The monoisotopic (exact) mass is 336 g/mol. The molecular weight excluding hydrogens is 312 g/mol. The lowest BCUT2D eigenvalue weighted by Gasteiger charge is -2.34. The minimum absolute atomic E-state index is 0.0885. The van der Waals surface area contributed by atoms with E-state index in [1.54, 1.807) is 31.3 Å². The Kier molecular flexibility index (Phi) is 5.11. The van der Waals surface area contributed by atoms with Crippen LogP contribution in [0.2, 0.25) is 0 Å². The van der Waals surface area contributed by atoms with Gasteiger partial charge in [-0.3, -0.25) is 0 Å². The van der Waals surface area contributed by atoms with Crippen LogP contribution in [0.3, 0.4) is 0 Å². The number of hydrogen-bond acceptors (Lipinski definition) is 5. The van der Waals surface area contributed by atoms with Crippen LogP contribution < -0.4 is 14.8 Å². The molecule has 2 amide bonds. The topological polar surface area (TPSA) is 80.3 Å². The van der Waals surface area contributed by atoms with Crippen molar-refractivity contribution in [1.82, 2.24) is 10.2 Å². The number of nitrogens with zero attached hydrogens (tertiary/aromatic N) is 1. The number of urea groups is 1. The van der Waals surface area contributed by atoms with E-state index in [1.807, 2.05) is 0 Å². The summed E-state index contributed by atoms with van der Waals surface area (Å²) in [5.41, 5.74) is 1.47. The zero-order chi connectivity index (χ0) is 17.1. The largest absolute Gasteiger partial charge is 0.496 e. The van der Waals surface area contributed by atoms with Crippen LogP contribution in [0.1, 0.15) is 30.1 Å². The molecule has 2 aliphatic rings. The lowest BCUT2D eigenvalue weighted by molar-refractivity contribution is 0.0917. The third-order valence-electron chi connectivity index (χ3n) is 4.58. The fourth-order valence-corrected chi connectivity index (χ4v) is 3.35. The zero-order valence-corrected chi connectivity index (χ0v) is 14.1. The summed E-state index contributed by atoms with van der Waals surface area (Å²) in [6, 6.07) is 3.35. The van der Waals surface area contributed by atoms with Gasteiger partial charge in [0.15, 0.2) is 0 Å². The standard InChI is InChI=1S/C17H24N2O5/c1-22-14-5-6-15(23-2)16-12(14)9-19(10-13(16)20)17(21)18-8-11-4-3-7-24-11/h5-6,11,13,20H,3-4,7-10H2,1-2H3,(H,18,21)/t11-,13+/m1/s1. The molecule has 0 aliphatic carbocycles. The molecule has 1 aromatic carbocycles. The molecule has 1 fully saturated rings. The molecule has 132 valence electrons. The third-order valence-corrected chi connectivity index (χ3v) is 4.58. The van der Waals surface area contributed by atoms with Crippen molar-refractivity contribution < 1.29 is 24.1 Å². The van der Waals surface area contributed by atoms with Crippen molar-refractivity contribution in [3.8, 4) is 11.5 Å². The number of ether oxygens (including phenoxy) is 3. The summed E-state index contributed by atoms with van der Waals surface area (Å²) >= 11 is 0. The lowest BCUT2D eigenvalue weighted by atomic mass is 9.95. The summed E-state index contributed by atoms with van der Waals surface area (Å²) in [7, 11) is 3.14. The van der Waals surface area contributed by atoms with E-state index in [0.717, 1.165) is 25.0 Å². The second kappa shape index (κ2) is 7.27. The van der Waals surface area contributed by atoms with Crippen molar-refractivity contribution in [1.29, 1.82) is 0 Å². The highest BCUT2D eigenvalue weighted by Crippen LogP contribution is 2.39. The van der Waals surface area contributed by atoms with Crippen molar-refractivity contribution in [2.75, 3.05) is 33.9 Å². The average Bonchev–Trinajstić information content (AvgIpc) is 3.12. The van der Waals surface area contributed by atoms with Gasteiger partial charge in [-0.1, -0.05) is 0 Å². The minimum atomic E-state index is -0.813. The molecule has 24 heavy (non-hydrogen) atoms. The van der Waals surface area contributed by atoms with E-state index in [0.29, 0.717) is 30.2 Å². The first kappa shape index (κ1) is 16.9. The molecule has 0 radical (unpaired) electrons. The predicted octanol–water partition coefficient (Wildman–Crippen LogP) is 1.44. The Labute approximate surface area is 141 Å². The molecule has 0 bridgehead atoms. The van der Waals surface area contributed by atoms with Crippen LogP contribution in [0.25, 0.3) is 0 Å². The van der Waals surface area contributed by atoms with Gasteiger partial charge in [0.25, 0.3) is 0 Å². The van der Waals surface area contributed by atoms with Crippen LogP contribution >= 0.6 is 0 Å². The fraction of sp³-hybridized carbons (Fsp3) is 0.588. The highest BCUT2D eigenvalue weighted by molar-refractivity contribution is 5.75. The van der Waals surface area contributed by atoms with Crippen LogP contribution in [-0.2, 0) is 11.3 Å². The Bertz CT molecular complexity index is 601. The number of rotatable bonds is 4. The van der Waals surface area contributed by atoms with Crippen molar-refractivity contribution in [3.63, 3.8) is 0 Å². The molecule has 1 aromatic rings. The Hall–Kier alpha value is -1.99. The predicted molar refractivity (Wildman–Crippen MR) is 87.3 cm³/mol. The van der Waals surface area contributed by atoms with Crippen molar-refractivity contribution in [3.05, 3.63) is 23.3 Å². The van der Waals surface area contributed by atoms with E-state index in [4.69, 9.17) is 14.2 Å². The smallest absolute Gasteiger partial charge is 0.317 e. The summed E-state index contributed by atoms with van der Waals surface area (Å²) in [6.07, 6.45) is 1.28. The number of carbonyl (C=O) groups is 1. The number of carbonyl (C=O) groups excluding carboxylic acids is 1. The molecule has 3 rings (SSSR count). The van der Waals surface area contributed by atoms with Crippen molar-refractivity contribution in [2.45, 2.75) is 31.6 Å². The first-order valence-corrected chi connectivity index (χ1v) is 8.20. The van der Waals surface area contributed by atoms with Gasteiger partial charge in [-0.05, 0) is 25.0 Å². The zero-order valence-electron chi connectivity index (χ0n) is 14.1. The SMILES string of the molecule is COc1ccc(OC)c2c1CN(C(=O)NC[C@H]1CCCO1)C[C@@H]2O. The molecule has 2 atom stereocenters. The quantitative estimate of drug-likeness (QED) is 0.870. The highest BCUT2D eigenvalue weighted by atomic mass is 16.5. The number of methoxy groups -OCH3 is 2. The van der Waals surface area contributed by atoms with E-state index in [-0.39, 0.29) is 18.7 Å². The van der Waals surface area contributed by atoms with E-state index < -0.39 is 6.10 Å². The van der Waals surface area contributed by atoms with Gasteiger partial charge >= 0.3 is 6.03 Å². The van der Waals surface area contributed by atoms with Gasteiger partial charge in [0, 0.05) is 24.3 Å². The number of amides is 2. The van der Waals surface area contributed by atoms with E-state index >= 15 is 0 Å². The summed E-state index contributed by atoms with van der Waals surface area (Å²) in [6.45, 7) is 1.83. The van der Waals surface area contributed by atoms with Crippen LogP contribution in [0.4, 0.5) is 4.79 Å². The maximum absolute atomic E-state index is 12.4. The van der Waals surface area contributed by atoms with Gasteiger partial charge in [-0.15, -0.1) is 0 Å². The summed E-state index contributed by atoms with van der Waals surface area (Å²) in [4.78, 5) is 14.0. The van der Waals surface area contributed by atoms with Gasteiger partial charge in [-0.25, -0.2) is 4.79 Å². The molecule has 0 aromatic heterocycles. The number of nitrogens with one attached hydrogen (secondary N) is 1. The average molecular weight is 336 g/mol. The van der Waals surface area contributed by atoms with Crippen LogP contribution in [0.15, 0.2) is 12.1 Å². The molecule has 0 unspecified atom stereocenters. The van der Waals surface area contributed by atoms with E-state index in [2.05, 4.69) is 5.32 Å². The Morgan fingerprint density at radius 3 is 2.79 bits per heavy atom. The van der Waals surface area contributed by atoms with Crippen molar-refractivity contribution >= 4 is 6.03 Å². The normalized spacial score (nSPS) is 22.9. The third kappa shape index (κ3) is 3.27. The molecule has 0 saturated carbocycles. The van der Waals surface area contributed by atoms with Crippen LogP contribution in [0.5, 0.6) is 11.5 Å². The summed E-state index contributed by atoms with van der Waals surface area (Å²) in [5.74, 6) is 1.25. The van der Waals surface area contributed by atoms with Gasteiger partial charge < -0.3 is 29.5 Å². The second-order valence-electron chi connectivity index (χ2n) is 6.08. The van der Waals surface area contributed by atoms with Gasteiger partial charge in [0.2, 0.25) is 0 Å². The summed E-state index contributed by atoms with van der Waals surface area (Å²) in [5, 5.41) is 13.4. The van der Waals surface area contributed by atoms with Crippen LogP contribution in [0, 0.1) is 0 Å².